The summed E-state index contributed by atoms with van der Waals surface area (Å²) in [5, 5.41) is 10.9. The summed E-state index contributed by atoms with van der Waals surface area (Å²) in [7, 11) is 0. The van der Waals surface area contributed by atoms with Gasteiger partial charge in [-0.3, -0.25) is 15.5 Å². The highest BCUT2D eigenvalue weighted by atomic mass is 32.1. The second-order valence-electron chi connectivity index (χ2n) is 2.22. The number of guanidine groups is 1. The van der Waals surface area contributed by atoms with Crippen LogP contribution in [-0.2, 0) is 11.2 Å². The van der Waals surface area contributed by atoms with Gasteiger partial charge in [-0.1, -0.05) is 6.07 Å². The highest BCUT2D eigenvalue weighted by molar-refractivity contribution is 7.10. The maximum absolute atomic E-state index is 11.0. The summed E-state index contributed by atoms with van der Waals surface area (Å²) in [6.07, 6.45) is 0.289. The van der Waals surface area contributed by atoms with Crippen LogP contribution in [0.3, 0.4) is 0 Å². The van der Waals surface area contributed by atoms with E-state index in [9.17, 15) is 4.79 Å². The van der Waals surface area contributed by atoms with Gasteiger partial charge >= 0.3 is 0 Å². The molecule has 1 rings (SSSR count). The zero-order valence-corrected chi connectivity index (χ0v) is 7.15. The fourth-order valence-corrected chi connectivity index (χ4v) is 1.47. The molecule has 0 aliphatic rings. The van der Waals surface area contributed by atoms with Gasteiger partial charge in [0.1, 0.15) is 0 Å². The molecule has 0 aromatic carbocycles. The molecule has 0 bridgehead atoms. The molecule has 1 aromatic rings. The molecule has 0 atom stereocenters. The minimum Gasteiger partial charge on any atom is -0.370 e. The van der Waals surface area contributed by atoms with Crippen molar-refractivity contribution >= 4 is 23.2 Å². The summed E-state index contributed by atoms with van der Waals surface area (Å²) >= 11 is 1.51. The fraction of sp³-hybridized carbons (Fsp3) is 0.143. The largest absolute Gasteiger partial charge is 0.370 e. The van der Waals surface area contributed by atoms with Gasteiger partial charge in [0, 0.05) is 4.88 Å². The number of hydrogen-bond donors (Lipinski definition) is 3. The van der Waals surface area contributed by atoms with E-state index in [2.05, 4.69) is 5.32 Å². The second-order valence-corrected chi connectivity index (χ2v) is 3.25. The summed E-state index contributed by atoms with van der Waals surface area (Å²) in [5.74, 6) is -0.554. The van der Waals surface area contributed by atoms with Gasteiger partial charge in [0.2, 0.25) is 5.91 Å². The Morgan fingerprint density at radius 1 is 1.75 bits per heavy atom. The summed E-state index contributed by atoms with van der Waals surface area (Å²) in [6, 6.07) is 3.74. The first-order valence-corrected chi connectivity index (χ1v) is 4.22. The van der Waals surface area contributed by atoms with Crippen molar-refractivity contribution in [1.29, 1.82) is 5.41 Å². The lowest BCUT2D eigenvalue weighted by atomic mass is 10.3. The Morgan fingerprint density at radius 3 is 3.00 bits per heavy atom. The first-order chi connectivity index (χ1) is 5.68. The van der Waals surface area contributed by atoms with E-state index in [0.717, 1.165) is 4.88 Å². The van der Waals surface area contributed by atoms with Crippen LogP contribution in [0.15, 0.2) is 17.5 Å². The summed E-state index contributed by atoms with van der Waals surface area (Å²) in [6.45, 7) is 0. The molecule has 0 radical (unpaired) electrons. The zero-order valence-electron chi connectivity index (χ0n) is 6.33. The number of amides is 1. The van der Waals surface area contributed by atoms with E-state index in [-0.39, 0.29) is 18.3 Å². The van der Waals surface area contributed by atoms with Gasteiger partial charge < -0.3 is 5.73 Å². The van der Waals surface area contributed by atoms with Crippen molar-refractivity contribution in [1.82, 2.24) is 5.32 Å². The highest BCUT2D eigenvalue weighted by Crippen LogP contribution is 2.08. The topological polar surface area (TPSA) is 79.0 Å². The third-order valence-electron chi connectivity index (χ3n) is 1.19. The lowest BCUT2D eigenvalue weighted by Crippen LogP contribution is -2.36. The Balaban J connectivity index is 2.42. The lowest BCUT2D eigenvalue weighted by Gasteiger charge is -1.99. The third-order valence-corrected chi connectivity index (χ3v) is 2.07. The molecule has 0 saturated heterocycles. The molecule has 4 nitrogen and oxygen atoms in total. The molecule has 0 aliphatic carbocycles. The van der Waals surface area contributed by atoms with Crippen LogP contribution in [0.1, 0.15) is 4.88 Å². The number of rotatable bonds is 2. The van der Waals surface area contributed by atoms with Gasteiger partial charge in [0.15, 0.2) is 5.96 Å². The van der Waals surface area contributed by atoms with E-state index in [1.54, 1.807) is 0 Å². The van der Waals surface area contributed by atoms with Crippen molar-refractivity contribution in [3.8, 4) is 0 Å². The standard InChI is InChI=1S/C7H9N3OS/c8-7(9)10-6(11)4-5-2-1-3-12-5/h1-3H,4H2,(H4,8,9,10,11). The average molecular weight is 183 g/mol. The van der Waals surface area contributed by atoms with E-state index in [0.29, 0.717) is 0 Å². The van der Waals surface area contributed by atoms with E-state index in [4.69, 9.17) is 11.1 Å². The number of hydrogen-bond acceptors (Lipinski definition) is 3. The van der Waals surface area contributed by atoms with Crippen molar-refractivity contribution in [3.05, 3.63) is 22.4 Å². The molecule has 0 saturated carbocycles. The van der Waals surface area contributed by atoms with Gasteiger partial charge in [0.25, 0.3) is 0 Å². The van der Waals surface area contributed by atoms with Crippen molar-refractivity contribution in [2.75, 3.05) is 0 Å². The van der Waals surface area contributed by atoms with E-state index in [1.807, 2.05) is 17.5 Å². The predicted molar refractivity (Wildman–Crippen MR) is 48.1 cm³/mol. The van der Waals surface area contributed by atoms with Gasteiger partial charge in [-0.2, -0.15) is 0 Å². The van der Waals surface area contributed by atoms with Gasteiger partial charge in [-0.25, -0.2) is 0 Å². The van der Waals surface area contributed by atoms with Crippen LogP contribution in [0, 0.1) is 5.41 Å². The molecule has 0 fully saturated rings. The first kappa shape index (κ1) is 8.73. The lowest BCUT2D eigenvalue weighted by molar-refractivity contribution is -0.119. The Kier molecular flexibility index (Phi) is 2.82. The van der Waals surface area contributed by atoms with Crippen LogP contribution in [0.2, 0.25) is 0 Å². The fourth-order valence-electron chi connectivity index (χ4n) is 0.766. The minimum atomic E-state index is -0.309. The SMILES string of the molecule is N=C(N)NC(=O)Cc1cccs1. The van der Waals surface area contributed by atoms with Crippen LogP contribution in [0.25, 0.3) is 0 Å². The maximum Gasteiger partial charge on any atom is 0.231 e. The summed E-state index contributed by atoms with van der Waals surface area (Å²) in [5.41, 5.74) is 4.98. The summed E-state index contributed by atoms with van der Waals surface area (Å²) in [4.78, 5) is 12.0. The Labute approximate surface area is 73.9 Å². The number of carbonyl (C=O) groups is 1. The molecule has 4 N–H and O–H groups in total. The predicted octanol–water partition coefficient (Wildman–Crippen LogP) is 0.300. The first-order valence-electron chi connectivity index (χ1n) is 3.35. The van der Waals surface area contributed by atoms with Crippen molar-refractivity contribution in [2.24, 2.45) is 5.73 Å². The third kappa shape index (κ3) is 2.71. The molecular weight excluding hydrogens is 174 g/mol. The zero-order chi connectivity index (χ0) is 8.97. The number of carbonyl (C=O) groups excluding carboxylic acids is 1. The molecule has 0 unspecified atom stereocenters. The average Bonchev–Trinajstić information content (AvgIpc) is 2.37. The number of nitrogens with one attached hydrogen (secondary N) is 2. The molecule has 64 valence electrons. The second kappa shape index (κ2) is 3.87. The monoisotopic (exact) mass is 183 g/mol. The van der Waals surface area contributed by atoms with Gasteiger partial charge in [-0.15, -0.1) is 11.3 Å². The number of thiophene rings is 1. The van der Waals surface area contributed by atoms with Crippen LogP contribution < -0.4 is 11.1 Å². The normalized spacial score (nSPS) is 9.33. The van der Waals surface area contributed by atoms with Gasteiger partial charge in [-0.05, 0) is 11.4 Å². The van der Waals surface area contributed by atoms with Gasteiger partial charge in [0.05, 0.1) is 6.42 Å². The molecule has 12 heavy (non-hydrogen) atoms. The molecule has 1 aromatic heterocycles. The Hall–Kier alpha value is -1.36. The molecule has 5 heteroatoms. The minimum absolute atomic E-state index is 0.245. The van der Waals surface area contributed by atoms with Crippen LogP contribution >= 0.6 is 11.3 Å². The van der Waals surface area contributed by atoms with E-state index in [1.165, 1.54) is 11.3 Å². The van der Waals surface area contributed by atoms with E-state index >= 15 is 0 Å². The molecule has 0 spiro atoms. The quantitative estimate of drug-likeness (QED) is 0.455. The van der Waals surface area contributed by atoms with Crippen LogP contribution in [0.5, 0.6) is 0 Å². The Bertz CT molecular complexity index is 281. The molecule has 1 heterocycles. The van der Waals surface area contributed by atoms with Crippen molar-refractivity contribution in [2.45, 2.75) is 6.42 Å². The maximum atomic E-state index is 11.0. The van der Waals surface area contributed by atoms with Crippen molar-refractivity contribution in [3.63, 3.8) is 0 Å². The molecule has 1 amide bonds. The highest BCUT2D eigenvalue weighted by Gasteiger charge is 2.03. The molecule has 0 aliphatic heterocycles. The van der Waals surface area contributed by atoms with Crippen molar-refractivity contribution < 1.29 is 4.79 Å². The molecular formula is C7H9N3OS. The van der Waals surface area contributed by atoms with Crippen LogP contribution in [-0.4, -0.2) is 11.9 Å². The summed E-state index contributed by atoms with van der Waals surface area (Å²) < 4.78 is 0. The Morgan fingerprint density at radius 2 is 2.50 bits per heavy atom. The van der Waals surface area contributed by atoms with Crippen LogP contribution in [0.4, 0.5) is 0 Å². The number of nitrogens with two attached hydrogens (primary N) is 1. The smallest absolute Gasteiger partial charge is 0.231 e. The van der Waals surface area contributed by atoms with E-state index < -0.39 is 0 Å².